The topological polar surface area (TPSA) is 76.4 Å². The van der Waals surface area contributed by atoms with Crippen LogP contribution in [0.3, 0.4) is 0 Å². The lowest BCUT2D eigenvalue weighted by Crippen LogP contribution is -2.43. The monoisotopic (exact) mass is 431 g/mol. The summed E-state index contributed by atoms with van der Waals surface area (Å²) in [6, 6.07) is 11.7. The van der Waals surface area contributed by atoms with Crippen molar-refractivity contribution in [1.29, 1.82) is 0 Å². The Morgan fingerprint density at radius 2 is 2.12 bits per heavy atom. The Morgan fingerprint density at radius 3 is 2.69 bits per heavy atom. The molecule has 6 nitrogen and oxygen atoms in total. The van der Waals surface area contributed by atoms with Gasteiger partial charge in [-0.1, -0.05) is 38.0 Å². The Labute approximate surface area is 189 Å². The van der Waals surface area contributed by atoms with Gasteiger partial charge in [0.15, 0.2) is 5.54 Å². The third-order valence-electron chi connectivity index (χ3n) is 5.62. The van der Waals surface area contributed by atoms with Gasteiger partial charge >= 0.3 is 0 Å². The number of amides is 1. The van der Waals surface area contributed by atoms with Crippen LogP contribution in [-0.2, 0) is 16.8 Å². The third kappa shape index (κ3) is 4.39. The van der Waals surface area contributed by atoms with E-state index in [2.05, 4.69) is 41.1 Å². The van der Waals surface area contributed by atoms with Gasteiger partial charge in [0.25, 0.3) is 0 Å². The number of terminal acetylenes is 1. The van der Waals surface area contributed by atoms with E-state index < -0.39 is 11.7 Å². The van der Waals surface area contributed by atoms with E-state index in [0.717, 1.165) is 23.1 Å². The third-order valence-corrected chi connectivity index (χ3v) is 5.62. The van der Waals surface area contributed by atoms with Crippen molar-refractivity contribution in [2.75, 3.05) is 7.11 Å². The molecule has 6 heteroatoms. The molecule has 0 saturated carbocycles. The van der Waals surface area contributed by atoms with E-state index in [1.807, 2.05) is 44.2 Å². The number of carbonyl (C=O) groups excluding carboxylic acids is 1. The zero-order chi connectivity index (χ0) is 23.3. The number of rotatable bonds is 5. The smallest absolute Gasteiger partial charge is 0.250 e. The van der Waals surface area contributed by atoms with Crippen molar-refractivity contribution >= 4 is 22.6 Å². The first-order valence-corrected chi connectivity index (χ1v) is 10.6. The number of methoxy groups -OCH3 is 1. The van der Waals surface area contributed by atoms with Gasteiger partial charge < -0.3 is 14.5 Å². The Morgan fingerprint density at radius 1 is 1.34 bits per heavy atom. The molecular weight excluding hydrogens is 402 g/mol. The Hall–Kier alpha value is -3.56. The second-order valence-electron chi connectivity index (χ2n) is 7.64. The van der Waals surface area contributed by atoms with E-state index in [1.54, 1.807) is 13.3 Å². The number of aryl methyl sites for hydroxylation is 1. The number of allylic oxidation sites excluding steroid dienone is 1. The molecule has 0 bridgehead atoms. The Kier molecular flexibility index (Phi) is 7.01. The highest BCUT2D eigenvalue weighted by molar-refractivity contribution is 5.91. The summed E-state index contributed by atoms with van der Waals surface area (Å²) in [5, 5.41) is 6.70. The molecule has 1 amide bonds. The van der Waals surface area contributed by atoms with Crippen molar-refractivity contribution in [3.63, 3.8) is 0 Å². The van der Waals surface area contributed by atoms with E-state index >= 15 is 0 Å². The number of aromatic nitrogens is 1. The molecule has 1 unspecified atom stereocenters. The zero-order valence-corrected chi connectivity index (χ0v) is 19.0. The first kappa shape index (κ1) is 23.1. The van der Waals surface area contributed by atoms with Gasteiger partial charge in [-0.3, -0.25) is 10.1 Å². The second kappa shape index (κ2) is 9.71. The molecule has 0 aliphatic carbocycles. The summed E-state index contributed by atoms with van der Waals surface area (Å²) in [5.74, 6) is 3.76. The normalized spacial score (nSPS) is 19.6. The maximum absolute atomic E-state index is 12.2. The van der Waals surface area contributed by atoms with E-state index in [4.69, 9.17) is 15.6 Å². The van der Waals surface area contributed by atoms with Crippen LogP contribution in [-0.4, -0.2) is 24.2 Å². The number of benzene rings is 1. The Balaban J connectivity index is 0.000000195. The predicted octanol–water partition coefficient (Wildman–Crippen LogP) is 4.40. The quantitative estimate of drug-likeness (QED) is 0.586. The molecule has 0 radical (unpaired) electrons. The molecule has 1 aliphatic rings. The van der Waals surface area contributed by atoms with Crippen molar-refractivity contribution in [2.45, 2.75) is 45.3 Å². The molecule has 3 aromatic rings. The van der Waals surface area contributed by atoms with Crippen LogP contribution < -0.4 is 15.4 Å². The highest BCUT2D eigenvalue weighted by atomic mass is 16.5. The number of nitrogens with one attached hydrogen (secondary N) is 2. The van der Waals surface area contributed by atoms with Crippen molar-refractivity contribution in [3.8, 4) is 18.1 Å². The fraction of sp³-hybridized carbons (Fsp3) is 0.308. The molecule has 2 aromatic heterocycles. The van der Waals surface area contributed by atoms with Crippen molar-refractivity contribution in [3.05, 3.63) is 66.1 Å². The molecule has 2 atom stereocenters. The molecule has 4 rings (SSSR count). The molecule has 1 aliphatic heterocycles. The van der Waals surface area contributed by atoms with Gasteiger partial charge in [0, 0.05) is 11.6 Å². The van der Waals surface area contributed by atoms with Gasteiger partial charge in [-0.15, -0.1) is 6.42 Å². The first-order valence-electron chi connectivity index (χ1n) is 10.6. The average Bonchev–Trinajstić information content (AvgIpc) is 3.40. The number of fused-ring (bicyclic) bond motifs is 1. The van der Waals surface area contributed by atoms with Gasteiger partial charge in [0.2, 0.25) is 11.6 Å². The lowest BCUT2D eigenvalue weighted by Gasteiger charge is -2.22. The highest BCUT2D eigenvalue weighted by Crippen LogP contribution is 2.33. The first-order chi connectivity index (χ1) is 15.4. The minimum Gasteiger partial charge on any atom is -0.497 e. The van der Waals surface area contributed by atoms with Gasteiger partial charge in [0.1, 0.15) is 17.7 Å². The van der Waals surface area contributed by atoms with Gasteiger partial charge in [0.05, 0.1) is 7.11 Å². The molecule has 32 heavy (non-hydrogen) atoms. The summed E-state index contributed by atoms with van der Waals surface area (Å²) in [4.78, 5) is 16.4. The molecule has 0 spiro atoms. The van der Waals surface area contributed by atoms with Crippen LogP contribution >= 0.6 is 0 Å². The van der Waals surface area contributed by atoms with Crippen LogP contribution in [0.15, 0.2) is 53.6 Å². The number of furan rings is 1. The fourth-order valence-corrected chi connectivity index (χ4v) is 3.78. The van der Waals surface area contributed by atoms with Crippen LogP contribution in [0.5, 0.6) is 5.75 Å². The minimum atomic E-state index is -0.919. The summed E-state index contributed by atoms with van der Waals surface area (Å²) in [5.41, 5.74) is 3.23. The fourth-order valence-electron chi connectivity index (χ4n) is 3.78. The van der Waals surface area contributed by atoms with Crippen molar-refractivity contribution < 1.29 is 13.9 Å². The second-order valence-corrected chi connectivity index (χ2v) is 7.64. The summed E-state index contributed by atoms with van der Waals surface area (Å²) in [6.07, 6.45) is 8.10. The molecular formula is C26H29N3O3. The number of pyridine rings is 1. The van der Waals surface area contributed by atoms with E-state index in [-0.39, 0.29) is 5.91 Å². The van der Waals surface area contributed by atoms with Crippen molar-refractivity contribution in [1.82, 2.24) is 15.6 Å². The van der Waals surface area contributed by atoms with Crippen LogP contribution in [0.25, 0.3) is 16.7 Å². The van der Waals surface area contributed by atoms with Gasteiger partial charge in [-0.05, 0) is 61.2 Å². The lowest BCUT2D eigenvalue weighted by atomic mass is 9.93. The van der Waals surface area contributed by atoms with Crippen LogP contribution in [0.4, 0.5) is 0 Å². The summed E-state index contributed by atoms with van der Waals surface area (Å²) < 4.78 is 10.9. The van der Waals surface area contributed by atoms with Gasteiger partial charge in [-0.2, -0.15) is 0 Å². The molecule has 1 aromatic carbocycles. The van der Waals surface area contributed by atoms with Crippen LogP contribution in [0.1, 0.15) is 44.1 Å². The summed E-state index contributed by atoms with van der Waals surface area (Å²) in [7, 11) is 1.68. The summed E-state index contributed by atoms with van der Waals surface area (Å²) >= 11 is 0. The maximum Gasteiger partial charge on any atom is 0.250 e. The Bertz CT molecular complexity index is 1140. The number of hydrogen-bond donors (Lipinski definition) is 2. The average molecular weight is 432 g/mol. The highest BCUT2D eigenvalue weighted by Gasteiger charge is 2.48. The van der Waals surface area contributed by atoms with E-state index in [0.29, 0.717) is 17.9 Å². The lowest BCUT2D eigenvalue weighted by molar-refractivity contribution is -0.125. The number of nitrogens with zero attached hydrogens (tertiary/aromatic N) is 1. The largest absolute Gasteiger partial charge is 0.497 e. The number of hydrogen-bond acceptors (Lipinski definition) is 5. The zero-order valence-electron chi connectivity index (χ0n) is 19.0. The SMILES string of the molecule is C#CC1NC(=O)[C@](CC)(c2cc3cccnc3o2)N1.C=C(C)c1cc(OC)ccc1CC. The number of ether oxygens (including phenoxy) is 1. The predicted molar refractivity (Wildman–Crippen MR) is 127 cm³/mol. The number of carbonyl (C=O) groups is 1. The van der Waals surface area contributed by atoms with E-state index in [9.17, 15) is 4.79 Å². The van der Waals surface area contributed by atoms with E-state index in [1.165, 1.54) is 11.1 Å². The molecule has 2 N–H and O–H groups in total. The molecule has 3 heterocycles. The van der Waals surface area contributed by atoms with Crippen LogP contribution in [0, 0.1) is 12.3 Å². The standard InChI is InChI=1S/C14H13N3O2.C12H16O/c1-3-11-16-13(18)14(4-2,17-11)10-8-9-6-5-7-15-12(9)19-10;1-5-10-6-7-11(13-4)8-12(10)9(2)3/h1,5-8,11,17H,4H2,2H3,(H,16,18);6-8H,2,5H2,1,3-4H3/t11?,14-;/m0./s1. The summed E-state index contributed by atoms with van der Waals surface area (Å²) in [6.45, 7) is 10.0. The maximum atomic E-state index is 12.2. The molecule has 166 valence electrons. The van der Waals surface area contributed by atoms with Crippen LogP contribution in [0.2, 0.25) is 0 Å². The van der Waals surface area contributed by atoms with Crippen molar-refractivity contribution in [2.24, 2.45) is 0 Å². The molecule has 1 saturated heterocycles. The van der Waals surface area contributed by atoms with Gasteiger partial charge in [-0.25, -0.2) is 4.98 Å². The molecule has 1 fully saturated rings. The minimum absolute atomic E-state index is 0.169.